The molecule has 0 aromatic heterocycles. The summed E-state index contributed by atoms with van der Waals surface area (Å²) in [6.07, 6.45) is 0.667. The predicted octanol–water partition coefficient (Wildman–Crippen LogP) is 1.82. The zero-order valence-corrected chi connectivity index (χ0v) is 10.5. The molecule has 17 heavy (non-hydrogen) atoms. The van der Waals surface area contributed by atoms with Gasteiger partial charge < -0.3 is 10.2 Å². The summed E-state index contributed by atoms with van der Waals surface area (Å²) in [6, 6.07) is 10.3. The van der Waals surface area contributed by atoms with Gasteiger partial charge in [0.15, 0.2) is 0 Å². The highest BCUT2D eigenvalue weighted by molar-refractivity contribution is 5.76. The Bertz CT molecular complexity index is 373. The van der Waals surface area contributed by atoms with Gasteiger partial charge in [-0.25, -0.2) is 0 Å². The number of nitrogens with zero attached hydrogens (tertiary/aromatic N) is 1. The third-order valence-corrected chi connectivity index (χ3v) is 3.59. The fourth-order valence-corrected chi connectivity index (χ4v) is 2.05. The standard InChI is InChI=1S/C14H20N2O/c1-11(13-6-4-3-5-7-13)16(2)14(17)8-12-9-15-10-12/h3-7,11-12,15H,8-10H2,1-2H3. The number of nitrogens with one attached hydrogen (secondary N) is 1. The van der Waals surface area contributed by atoms with Crippen molar-refractivity contribution in [3.05, 3.63) is 35.9 Å². The Morgan fingerprint density at radius 2 is 2.06 bits per heavy atom. The van der Waals surface area contributed by atoms with Gasteiger partial charge in [-0.2, -0.15) is 0 Å². The molecule has 3 heteroatoms. The summed E-state index contributed by atoms with van der Waals surface area (Å²) >= 11 is 0. The molecule has 0 radical (unpaired) electrons. The van der Waals surface area contributed by atoms with Gasteiger partial charge in [0.25, 0.3) is 0 Å². The minimum absolute atomic E-state index is 0.150. The first-order chi connectivity index (χ1) is 8.18. The van der Waals surface area contributed by atoms with E-state index < -0.39 is 0 Å². The van der Waals surface area contributed by atoms with Crippen LogP contribution in [0.1, 0.15) is 24.9 Å². The van der Waals surface area contributed by atoms with Crippen molar-refractivity contribution in [2.24, 2.45) is 5.92 Å². The summed E-state index contributed by atoms with van der Waals surface area (Å²) in [6.45, 7) is 4.05. The van der Waals surface area contributed by atoms with E-state index in [1.54, 1.807) is 0 Å². The molecule has 1 heterocycles. The van der Waals surface area contributed by atoms with Gasteiger partial charge in [0.2, 0.25) is 5.91 Å². The minimum Gasteiger partial charge on any atom is -0.339 e. The van der Waals surface area contributed by atoms with Crippen LogP contribution in [-0.2, 0) is 4.79 Å². The molecule has 2 rings (SSSR count). The molecule has 92 valence electrons. The van der Waals surface area contributed by atoms with E-state index >= 15 is 0 Å². The van der Waals surface area contributed by atoms with Crippen molar-refractivity contribution in [1.29, 1.82) is 0 Å². The van der Waals surface area contributed by atoms with Crippen molar-refractivity contribution in [2.75, 3.05) is 20.1 Å². The fourth-order valence-electron chi connectivity index (χ4n) is 2.05. The number of rotatable bonds is 4. The summed E-state index contributed by atoms with van der Waals surface area (Å²) in [7, 11) is 1.89. The molecule has 1 saturated heterocycles. The largest absolute Gasteiger partial charge is 0.339 e. The Labute approximate surface area is 103 Å². The fraction of sp³-hybridized carbons (Fsp3) is 0.500. The van der Waals surface area contributed by atoms with E-state index in [0.717, 1.165) is 13.1 Å². The van der Waals surface area contributed by atoms with Crippen LogP contribution in [-0.4, -0.2) is 30.9 Å². The topological polar surface area (TPSA) is 32.3 Å². The lowest BCUT2D eigenvalue weighted by Gasteiger charge is -2.31. The highest BCUT2D eigenvalue weighted by Crippen LogP contribution is 2.20. The molecule has 1 aliphatic rings. The number of hydrogen-bond donors (Lipinski definition) is 1. The highest BCUT2D eigenvalue weighted by Gasteiger charge is 2.24. The van der Waals surface area contributed by atoms with Crippen LogP contribution in [0, 0.1) is 5.92 Å². The second-order valence-electron chi connectivity index (χ2n) is 4.82. The lowest BCUT2D eigenvalue weighted by molar-refractivity contribution is -0.133. The maximum Gasteiger partial charge on any atom is 0.223 e. The van der Waals surface area contributed by atoms with Gasteiger partial charge in [-0.3, -0.25) is 4.79 Å². The summed E-state index contributed by atoms with van der Waals surface area (Å²) in [4.78, 5) is 13.9. The van der Waals surface area contributed by atoms with Crippen LogP contribution in [0.2, 0.25) is 0 Å². The van der Waals surface area contributed by atoms with Crippen molar-refractivity contribution in [3.63, 3.8) is 0 Å². The van der Waals surface area contributed by atoms with Crippen molar-refractivity contribution < 1.29 is 4.79 Å². The number of carbonyl (C=O) groups is 1. The third-order valence-electron chi connectivity index (χ3n) is 3.59. The first kappa shape index (κ1) is 12.1. The molecule has 3 nitrogen and oxygen atoms in total. The van der Waals surface area contributed by atoms with Crippen LogP contribution in [0.4, 0.5) is 0 Å². The minimum atomic E-state index is 0.150. The molecule has 0 aliphatic carbocycles. The maximum absolute atomic E-state index is 12.1. The lowest BCUT2D eigenvalue weighted by atomic mass is 9.98. The first-order valence-electron chi connectivity index (χ1n) is 6.20. The molecular weight excluding hydrogens is 212 g/mol. The summed E-state index contributed by atoms with van der Waals surface area (Å²) in [5.74, 6) is 0.778. The number of benzene rings is 1. The van der Waals surface area contributed by atoms with Gasteiger partial charge in [-0.15, -0.1) is 0 Å². The molecule has 0 bridgehead atoms. The van der Waals surface area contributed by atoms with Crippen LogP contribution in [0.25, 0.3) is 0 Å². The van der Waals surface area contributed by atoms with Gasteiger partial charge in [0.05, 0.1) is 6.04 Å². The van der Waals surface area contributed by atoms with Crippen molar-refractivity contribution in [2.45, 2.75) is 19.4 Å². The molecule has 1 aliphatic heterocycles. The summed E-state index contributed by atoms with van der Waals surface area (Å²) < 4.78 is 0. The van der Waals surface area contributed by atoms with Crippen molar-refractivity contribution >= 4 is 5.91 Å². The molecule has 1 unspecified atom stereocenters. The predicted molar refractivity (Wildman–Crippen MR) is 68.6 cm³/mol. The van der Waals surface area contributed by atoms with E-state index in [9.17, 15) is 4.79 Å². The zero-order valence-electron chi connectivity index (χ0n) is 10.5. The van der Waals surface area contributed by atoms with E-state index in [2.05, 4.69) is 24.4 Å². The summed E-state index contributed by atoms with van der Waals surface area (Å²) in [5, 5.41) is 3.20. The van der Waals surface area contributed by atoms with Gasteiger partial charge >= 0.3 is 0 Å². The Hall–Kier alpha value is -1.35. The van der Waals surface area contributed by atoms with Crippen molar-refractivity contribution in [1.82, 2.24) is 10.2 Å². The number of hydrogen-bond acceptors (Lipinski definition) is 2. The van der Waals surface area contributed by atoms with Crippen LogP contribution < -0.4 is 5.32 Å². The lowest BCUT2D eigenvalue weighted by Crippen LogP contribution is -2.45. The van der Waals surface area contributed by atoms with Gasteiger partial charge in [0, 0.05) is 13.5 Å². The van der Waals surface area contributed by atoms with Gasteiger partial charge in [-0.1, -0.05) is 30.3 Å². The second-order valence-corrected chi connectivity index (χ2v) is 4.82. The van der Waals surface area contributed by atoms with Crippen LogP contribution in [0.5, 0.6) is 0 Å². The zero-order chi connectivity index (χ0) is 12.3. The Balaban J connectivity index is 1.94. The average molecular weight is 232 g/mol. The normalized spacial score (nSPS) is 17.3. The first-order valence-corrected chi connectivity index (χ1v) is 6.20. The molecule has 1 fully saturated rings. The van der Waals surface area contributed by atoms with E-state index in [-0.39, 0.29) is 11.9 Å². The molecule has 0 spiro atoms. The molecule has 0 saturated carbocycles. The van der Waals surface area contributed by atoms with E-state index in [1.807, 2.05) is 30.1 Å². The average Bonchev–Trinajstić information content (AvgIpc) is 2.32. The van der Waals surface area contributed by atoms with E-state index in [1.165, 1.54) is 5.56 Å². The van der Waals surface area contributed by atoms with E-state index in [0.29, 0.717) is 12.3 Å². The smallest absolute Gasteiger partial charge is 0.223 e. The van der Waals surface area contributed by atoms with Crippen molar-refractivity contribution in [3.8, 4) is 0 Å². The second kappa shape index (κ2) is 5.32. The monoisotopic (exact) mass is 232 g/mol. The molecule has 1 amide bonds. The highest BCUT2D eigenvalue weighted by atomic mass is 16.2. The maximum atomic E-state index is 12.1. The molecule has 1 aromatic rings. The molecular formula is C14H20N2O. The molecule has 1 N–H and O–H groups in total. The number of carbonyl (C=O) groups excluding carboxylic acids is 1. The van der Waals surface area contributed by atoms with Crippen LogP contribution in [0.3, 0.4) is 0 Å². The van der Waals surface area contributed by atoms with Gasteiger partial charge in [0.1, 0.15) is 0 Å². The molecule has 1 atom stereocenters. The molecule has 1 aromatic carbocycles. The van der Waals surface area contributed by atoms with Gasteiger partial charge in [-0.05, 0) is 31.5 Å². The van der Waals surface area contributed by atoms with E-state index in [4.69, 9.17) is 0 Å². The van der Waals surface area contributed by atoms with Crippen LogP contribution >= 0.6 is 0 Å². The third kappa shape index (κ3) is 2.86. The Kier molecular flexibility index (Phi) is 3.79. The Morgan fingerprint density at radius 3 is 2.59 bits per heavy atom. The van der Waals surface area contributed by atoms with Crippen LogP contribution in [0.15, 0.2) is 30.3 Å². The quantitative estimate of drug-likeness (QED) is 0.858. The summed E-state index contributed by atoms with van der Waals surface area (Å²) in [5.41, 5.74) is 1.19. The SMILES string of the molecule is CC(c1ccccc1)N(C)C(=O)CC1CNC1. The number of amides is 1. The Morgan fingerprint density at radius 1 is 1.41 bits per heavy atom.